The molecular formula is C19H17N5O4. The molecule has 0 saturated heterocycles. The van der Waals surface area contributed by atoms with Crippen molar-refractivity contribution in [1.29, 1.82) is 0 Å². The van der Waals surface area contributed by atoms with Crippen LogP contribution in [0.1, 0.15) is 27.6 Å². The van der Waals surface area contributed by atoms with E-state index in [0.29, 0.717) is 29.0 Å². The molecule has 3 aromatic rings. The lowest BCUT2D eigenvalue weighted by molar-refractivity contribution is -0.384. The highest BCUT2D eigenvalue weighted by atomic mass is 16.6. The largest absolute Gasteiger partial charge is 0.352 e. The Balaban J connectivity index is 1.73. The van der Waals surface area contributed by atoms with Gasteiger partial charge in [0, 0.05) is 36.1 Å². The van der Waals surface area contributed by atoms with Crippen LogP contribution < -0.4 is 10.6 Å². The number of benzene rings is 2. The monoisotopic (exact) mass is 379 g/mol. The van der Waals surface area contributed by atoms with Crippen molar-refractivity contribution < 1.29 is 14.5 Å². The van der Waals surface area contributed by atoms with Crippen molar-refractivity contribution in [3.05, 3.63) is 82.2 Å². The van der Waals surface area contributed by atoms with Crippen molar-refractivity contribution in [2.75, 3.05) is 11.9 Å². The summed E-state index contributed by atoms with van der Waals surface area (Å²) in [6, 6.07) is 12.4. The molecule has 1 heterocycles. The fourth-order valence-corrected chi connectivity index (χ4v) is 2.51. The van der Waals surface area contributed by atoms with E-state index in [1.54, 1.807) is 36.4 Å². The summed E-state index contributed by atoms with van der Waals surface area (Å²) in [5.74, 6) is -0.606. The van der Waals surface area contributed by atoms with Gasteiger partial charge in [0.1, 0.15) is 0 Å². The molecule has 0 saturated carbocycles. The maximum atomic E-state index is 12.5. The minimum atomic E-state index is -0.485. The maximum absolute atomic E-state index is 12.5. The highest BCUT2D eigenvalue weighted by molar-refractivity contribution is 6.04. The fourth-order valence-electron chi connectivity index (χ4n) is 2.51. The molecule has 0 spiro atoms. The molecule has 3 rings (SSSR count). The van der Waals surface area contributed by atoms with Gasteiger partial charge in [-0.2, -0.15) is 5.10 Å². The van der Waals surface area contributed by atoms with E-state index in [2.05, 4.69) is 15.7 Å². The lowest BCUT2D eigenvalue weighted by Crippen LogP contribution is -2.22. The number of hydrogen-bond acceptors (Lipinski definition) is 5. The Morgan fingerprint density at radius 2 is 1.86 bits per heavy atom. The predicted octanol–water partition coefficient (Wildman–Crippen LogP) is 2.78. The van der Waals surface area contributed by atoms with Gasteiger partial charge in [-0.3, -0.25) is 19.7 Å². The van der Waals surface area contributed by atoms with Gasteiger partial charge in [-0.05, 0) is 37.3 Å². The first kappa shape index (κ1) is 18.8. The molecule has 0 bridgehead atoms. The summed E-state index contributed by atoms with van der Waals surface area (Å²) < 4.78 is 1.45. The van der Waals surface area contributed by atoms with Crippen molar-refractivity contribution in [3.8, 4) is 5.69 Å². The number of nitro benzene ring substituents is 1. The van der Waals surface area contributed by atoms with Crippen LogP contribution in [0.2, 0.25) is 0 Å². The van der Waals surface area contributed by atoms with E-state index >= 15 is 0 Å². The Labute approximate surface area is 160 Å². The Morgan fingerprint density at radius 1 is 1.11 bits per heavy atom. The van der Waals surface area contributed by atoms with E-state index in [9.17, 15) is 19.7 Å². The number of rotatable bonds is 6. The van der Waals surface area contributed by atoms with Crippen LogP contribution >= 0.6 is 0 Å². The third kappa shape index (κ3) is 4.21. The second-order valence-electron chi connectivity index (χ2n) is 5.84. The number of amides is 2. The summed E-state index contributed by atoms with van der Waals surface area (Å²) in [5, 5.41) is 20.3. The zero-order valence-corrected chi connectivity index (χ0v) is 15.0. The van der Waals surface area contributed by atoms with Gasteiger partial charge in [-0.25, -0.2) is 4.68 Å². The topological polar surface area (TPSA) is 119 Å². The number of hydrogen-bond donors (Lipinski definition) is 2. The summed E-state index contributed by atoms with van der Waals surface area (Å²) in [6.45, 7) is 2.34. The van der Waals surface area contributed by atoms with Crippen LogP contribution in [0.15, 0.2) is 60.9 Å². The van der Waals surface area contributed by atoms with Crippen LogP contribution in [-0.2, 0) is 0 Å². The van der Waals surface area contributed by atoms with Crippen molar-refractivity contribution in [2.24, 2.45) is 0 Å². The van der Waals surface area contributed by atoms with Gasteiger partial charge < -0.3 is 10.6 Å². The van der Waals surface area contributed by atoms with Gasteiger partial charge in [0.2, 0.25) is 0 Å². The zero-order valence-electron chi connectivity index (χ0n) is 15.0. The van der Waals surface area contributed by atoms with E-state index in [-0.39, 0.29) is 17.5 Å². The zero-order chi connectivity index (χ0) is 20.1. The molecule has 2 N–H and O–H groups in total. The van der Waals surface area contributed by atoms with Gasteiger partial charge in [0.15, 0.2) is 0 Å². The first-order valence-electron chi connectivity index (χ1n) is 8.47. The number of nitro groups is 1. The van der Waals surface area contributed by atoms with Crippen LogP contribution in [0.25, 0.3) is 5.69 Å². The molecule has 2 aromatic carbocycles. The fraction of sp³-hybridized carbons (Fsp3) is 0.105. The summed E-state index contributed by atoms with van der Waals surface area (Å²) in [7, 11) is 0. The van der Waals surface area contributed by atoms with Crippen molar-refractivity contribution in [1.82, 2.24) is 15.1 Å². The third-order valence-electron chi connectivity index (χ3n) is 3.89. The molecule has 0 fully saturated rings. The highest BCUT2D eigenvalue weighted by Crippen LogP contribution is 2.16. The first-order valence-corrected chi connectivity index (χ1v) is 8.47. The number of carbonyl (C=O) groups excluding carboxylic acids is 2. The summed E-state index contributed by atoms with van der Waals surface area (Å²) >= 11 is 0. The summed E-state index contributed by atoms with van der Waals surface area (Å²) in [6.07, 6.45) is 2.91. The van der Waals surface area contributed by atoms with Crippen LogP contribution in [-0.4, -0.2) is 33.1 Å². The lowest BCUT2D eigenvalue weighted by atomic mass is 10.2. The van der Waals surface area contributed by atoms with Gasteiger partial charge in [-0.1, -0.05) is 6.07 Å². The molecule has 0 aliphatic carbocycles. The van der Waals surface area contributed by atoms with Gasteiger partial charge in [-0.15, -0.1) is 0 Å². The molecule has 0 unspecified atom stereocenters. The summed E-state index contributed by atoms with van der Waals surface area (Å²) in [5.41, 5.74) is 1.79. The molecule has 28 heavy (non-hydrogen) atoms. The molecular weight excluding hydrogens is 362 g/mol. The number of aromatic nitrogens is 2. The third-order valence-corrected chi connectivity index (χ3v) is 3.89. The van der Waals surface area contributed by atoms with Crippen LogP contribution in [0.5, 0.6) is 0 Å². The number of non-ortho nitro benzene ring substituents is 1. The second-order valence-corrected chi connectivity index (χ2v) is 5.84. The van der Waals surface area contributed by atoms with E-state index in [0.717, 1.165) is 0 Å². The second kappa shape index (κ2) is 8.12. The van der Waals surface area contributed by atoms with Gasteiger partial charge in [0.05, 0.1) is 22.4 Å². The van der Waals surface area contributed by atoms with Crippen LogP contribution in [0.4, 0.5) is 11.4 Å². The average molecular weight is 379 g/mol. The van der Waals surface area contributed by atoms with E-state index in [4.69, 9.17) is 0 Å². The van der Waals surface area contributed by atoms with Crippen molar-refractivity contribution in [3.63, 3.8) is 0 Å². The molecule has 0 radical (unpaired) electrons. The van der Waals surface area contributed by atoms with Crippen LogP contribution in [0, 0.1) is 10.1 Å². The minimum absolute atomic E-state index is 0.0270. The predicted molar refractivity (Wildman–Crippen MR) is 103 cm³/mol. The molecule has 9 nitrogen and oxygen atoms in total. The highest BCUT2D eigenvalue weighted by Gasteiger charge is 2.12. The normalized spacial score (nSPS) is 10.3. The molecule has 0 aliphatic heterocycles. The average Bonchev–Trinajstić information content (AvgIpc) is 3.19. The standard InChI is InChI=1S/C19H17N5O4/c1-2-20-18(25)13-4-3-5-15(10-13)22-19(26)14-11-21-23(12-14)16-6-8-17(9-7-16)24(27)28/h3-12H,2H2,1H3,(H,20,25)(H,22,26). The number of nitrogens with zero attached hydrogens (tertiary/aromatic N) is 3. The minimum Gasteiger partial charge on any atom is -0.352 e. The Hall–Kier alpha value is -4.01. The van der Waals surface area contributed by atoms with Crippen molar-refractivity contribution >= 4 is 23.2 Å². The molecule has 0 aliphatic rings. The van der Waals surface area contributed by atoms with Crippen LogP contribution in [0.3, 0.4) is 0 Å². The molecule has 142 valence electrons. The Kier molecular flexibility index (Phi) is 5.45. The van der Waals surface area contributed by atoms with E-state index in [1.807, 2.05) is 6.92 Å². The smallest absolute Gasteiger partial charge is 0.269 e. The molecule has 2 amide bonds. The summed E-state index contributed by atoms with van der Waals surface area (Å²) in [4.78, 5) is 34.6. The van der Waals surface area contributed by atoms with E-state index in [1.165, 1.54) is 29.2 Å². The SMILES string of the molecule is CCNC(=O)c1cccc(NC(=O)c2cnn(-c3ccc([N+](=O)[O-])cc3)c2)c1. The number of carbonyl (C=O) groups is 2. The quantitative estimate of drug-likeness (QED) is 0.504. The number of nitrogens with one attached hydrogen (secondary N) is 2. The molecule has 9 heteroatoms. The van der Waals surface area contributed by atoms with Gasteiger partial charge in [0.25, 0.3) is 17.5 Å². The maximum Gasteiger partial charge on any atom is 0.269 e. The van der Waals surface area contributed by atoms with E-state index < -0.39 is 4.92 Å². The Bertz CT molecular complexity index is 1030. The molecule has 1 aromatic heterocycles. The first-order chi connectivity index (χ1) is 13.5. The Morgan fingerprint density at radius 3 is 2.54 bits per heavy atom. The number of anilines is 1. The van der Waals surface area contributed by atoms with Gasteiger partial charge >= 0.3 is 0 Å². The lowest BCUT2D eigenvalue weighted by Gasteiger charge is -2.06. The molecule has 0 atom stereocenters. The van der Waals surface area contributed by atoms with Crippen molar-refractivity contribution in [2.45, 2.75) is 6.92 Å².